The third kappa shape index (κ3) is 6.67. The van der Waals surface area contributed by atoms with Crippen LogP contribution in [0.1, 0.15) is 25.3 Å². The van der Waals surface area contributed by atoms with E-state index in [-0.39, 0.29) is 17.3 Å². The fourth-order valence-corrected chi connectivity index (χ4v) is 7.79. The van der Waals surface area contributed by atoms with E-state index >= 15 is 0 Å². The van der Waals surface area contributed by atoms with Crippen LogP contribution in [0.4, 0.5) is 28.4 Å². The molecule has 0 aliphatic carbocycles. The molecule has 0 fully saturated rings. The first-order valence-corrected chi connectivity index (χ1v) is 16.3. The lowest BCUT2D eigenvalue weighted by Crippen LogP contribution is -2.49. The Morgan fingerprint density at radius 1 is 0.565 bits per heavy atom. The number of thiocarbonyl (C=S) groups is 1. The van der Waals surface area contributed by atoms with Gasteiger partial charge in [0.25, 0.3) is 37.1 Å². The summed E-state index contributed by atoms with van der Waals surface area (Å²) < 4.78 is 57.8. The second-order valence-corrected chi connectivity index (χ2v) is 13.8. The highest BCUT2D eigenvalue weighted by molar-refractivity contribution is 7.98. The largest absolute Gasteiger partial charge is 0.270 e. The van der Waals surface area contributed by atoms with Crippen LogP contribution in [0.3, 0.4) is 0 Å². The van der Waals surface area contributed by atoms with E-state index in [1.807, 2.05) is 13.8 Å². The van der Waals surface area contributed by atoms with Gasteiger partial charge in [-0.25, -0.2) is 25.4 Å². The van der Waals surface area contributed by atoms with Crippen molar-refractivity contribution in [2.45, 2.75) is 29.6 Å². The molecule has 0 atom stereocenters. The summed E-state index contributed by atoms with van der Waals surface area (Å²) in [5, 5.41) is 32.9. The molecule has 0 aliphatic heterocycles. The Morgan fingerprint density at radius 2 is 0.848 bits per heavy atom. The SMILES string of the molecule is CC(C)c1ccc(N(C(=S)N(c2ccc([N+](=O)[O-])cc2)S(=O)(=O)c2ccc([N+](=O)[O-])cc2)S(=O)(=O)c2ccc([N+](=O)[O-])cc2)cc1. The molecule has 4 aromatic carbocycles. The maximum absolute atomic E-state index is 14.2. The average molecular weight is 686 g/mol. The molecule has 0 saturated heterocycles. The number of sulfonamides is 2. The Morgan fingerprint density at radius 3 is 1.13 bits per heavy atom. The quantitative estimate of drug-likeness (QED) is 0.109. The van der Waals surface area contributed by atoms with Gasteiger partial charge in [0, 0.05) is 36.4 Å². The first-order valence-electron chi connectivity index (χ1n) is 13.0. The van der Waals surface area contributed by atoms with Crippen molar-refractivity contribution in [1.29, 1.82) is 0 Å². The maximum Gasteiger partial charge on any atom is 0.270 e. The minimum Gasteiger partial charge on any atom is -0.258 e. The summed E-state index contributed by atoms with van der Waals surface area (Å²) in [6, 6.07) is 17.7. The number of rotatable bonds is 10. The molecule has 0 unspecified atom stereocenters. The van der Waals surface area contributed by atoms with Gasteiger partial charge in [0.1, 0.15) is 0 Å². The zero-order valence-corrected chi connectivity index (χ0v) is 26.3. The summed E-state index contributed by atoms with van der Waals surface area (Å²) in [6.07, 6.45) is 0. The topological polar surface area (TPSA) is 204 Å². The molecular formula is C28H23N5O10S3. The fraction of sp³-hybridized carbons (Fsp3) is 0.107. The van der Waals surface area contributed by atoms with Gasteiger partial charge in [0.2, 0.25) is 5.11 Å². The first-order chi connectivity index (χ1) is 21.5. The highest BCUT2D eigenvalue weighted by atomic mass is 32.2. The van der Waals surface area contributed by atoms with E-state index in [0.29, 0.717) is 8.61 Å². The molecule has 0 aliphatic rings. The van der Waals surface area contributed by atoms with Crippen LogP contribution in [0.5, 0.6) is 0 Å². The van der Waals surface area contributed by atoms with E-state index in [4.69, 9.17) is 12.2 Å². The van der Waals surface area contributed by atoms with Crippen LogP contribution in [-0.4, -0.2) is 36.7 Å². The van der Waals surface area contributed by atoms with Gasteiger partial charge in [-0.3, -0.25) is 30.3 Å². The van der Waals surface area contributed by atoms with Crippen molar-refractivity contribution < 1.29 is 31.6 Å². The number of benzene rings is 4. The molecule has 46 heavy (non-hydrogen) atoms. The fourth-order valence-electron chi connectivity index (χ4n) is 4.18. The van der Waals surface area contributed by atoms with Gasteiger partial charge in [-0.2, -0.15) is 0 Å². The monoisotopic (exact) mass is 685 g/mol. The number of nitrogens with zero attached hydrogens (tertiary/aromatic N) is 5. The molecule has 0 N–H and O–H groups in total. The van der Waals surface area contributed by atoms with Crippen molar-refractivity contribution in [3.8, 4) is 0 Å². The number of nitro groups is 3. The molecule has 238 valence electrons. The Labute approximate surface area is 267 Å². The standard InChI is InChI=1S/C28H23N5O10S3/c1-19(2)20-3-5-21(6-4-20)29(45(40,41)26-15-11-24(12-16-26)32(36)37)28(44)30(22-7-9-23(10-8-22)31(34)35)46(42,43)27-17-13-25(14-18-27)33(38)39/h3-19H,1-2H3. The zero-order chi connectivity index (χ0) is 34.0. The third-order valence-corrected chi connectivity index (χ3v) is 10.7. The van der Waals surface area contributed by atoms with Crippen LogP contribution < -0.4 is 8.61 Å². The minimum atomic E-state index is -4.86. The van der Waals surface area contributed by atoms with Gasteiger partial charge in [-0.05, 0) is 72.2 Å². The minimum absolute atomic E-state index is 0.0415. The van der Waals surface area contributed by atoms with Gasteiger partial charge < -0.3 is 0 Å². The Balaban J connectivity index is 1.98. The maximum atomic E-state index is 14.2. The normalized spacial score (nSPS) is 11.5. The van der Waals surface area contributed by atoms with Crippen molar-refractivity contribution in [2.75, 3.05) is 8.61 Å². The summed E-state index contributed by atoms with van der Waals surface area (Å²) in [7, 11) is -9.66. The predicted molar refractivity (Wildman–Crippen MR) is 172 cm³/mol. The highest BCUT2D eigenvalue weighted by Gasteiger charge is 2.38. The molecule has 0 spiro atoms. The van der Waals surface area contributed by atoms with Crippen molar-refractivity contribution >= 4 is 65.8 Å². The van der Waals surface area contributed by atoms with E-state index in [0.717, 1.165) is 78.4 Å². The molecule has 0 saturated carbocycles. The molecule has 4 rings (SSSR count). The summed E-state index contributed by atoms with van der Waals surface area (Å²) in [5.41, 5.74) is -0.802. The van der Waals surface area contributed by atoms with Crippen LogP contribution >= 0.6 is 12.2 Å². The molecule has 0 radical (unpaired) electrons. The predicted octanol–water partition coefficient (Wildman–Crippen LogP) is 5.91. The van der Waals surface area contributed by atoms with Gasteiger partial charge in [-0.1, -0.05) is 26.0 Å². The van der Waals surface area contributed by atoms with Gasteiger partial charge >= 0.3 is 0 Å². The van der Waals surface area contributed by atoms with Gasteiger partial charge in [-0.15, -0.1) is 0 Å². The molecule has 4 aromatic rings. The van der Waals surface area contributed by atoms with Crippen LogP contribution in [0.15, 0.2) is 107 Å². The second-order valence-electron chi connectivity index (χ2n) is 9.84. The van der Waals surface area contributed by atoms with Gasteiger partial charge in [0.05, 0.1) is 35.9 Å². The Kier molecular flexibility index (Phi) is 9.45. The molecule has 18 heteroatoms. The zero-order valence-electron chi connectivity index (χ0n) is 23.9. The van der Waals surface area contributed by atoms with E-state index in [2.05, 4.69) is 0 Å². The summed E-state index contributed by atoms with van der Waals surface area (Å²) in [5.74, 6) is 0.0415. The lowest BCUT2D eigenvalue weighted by atomic mass is 10.0. The molecule has 0 bridgehead atoms. The summed E-state index contributed by atoms with van der Waals surface area (Å²) in [6.45, 7) is 3.80. The van der Waals surface area contributed by atoms with E-state index in [1.165, 1.54) is 12.1 Å². The second kappa shape index (κ2) is 13.0. The molecule has 15 nitrogen and oxygen atoms in total. The lowest BCUT2D eigenvalue weighted by molar-refractivity contribution is -0.385. The van der Waals surface area contributed by atoms with Crippen molar-refractivity contribution in [2.24, 2.45) is 0 Å². The number of anilines is 2. The van der Waals surface area contributed by atoms with Crippen LogP contribution in [-0.2, 0) is 20.0 Å². The smallest absolute Gasteiger partial charge is 0.258 e. The number of non-ortho nitro benzene ring substituents is 3. The average Bonchev–Trinajstić information content (AvgIpc) is 3.01. The third-order valence-electron chi connectivity index (χ3n) is 6.61. The first kappa shape index (κ1) is 33.6. The molecular weight excluding hydrogens is 663 g/mol. The Hall–Kier alpha value is -5.33. The van der Waals surface area contributed by atoms with E-state index in [9.17, 15) is 47.2 Å². The van der Waals surface area contributed by atoms with Crippen LogP contribution in [0, 0.1) is 30.3 Å². The van der Waals surface area contributed by atoms with Gasteiger partial charge in [0.15, 0.2) is 0 Å². The lowest BCUT2D eigenvalue weighted by Gasteiger charge is -2.32. The summed E-state index contributed by atoms with van der Waals surface area (Å²) >= 11 is 5.60. The van der Waals surface area contributed by atoms with E-state index in [1.54, 1.807) is 12.1 Å². The van der Waals surface area contributed by atoms with E-state index < -0.39 is 66.8 Å². The molecule has 0 amide bonds. The molecule has 0 aromatic heterocycles. The Bertz CT molecular complexity index is 2040. The molecule has 0 heterocycles. The van der Waals surface area contributed by atoms with Crippen molar-refractivity contribution in [3.05, 3.63) is 133 Å². The number of hydrogen-bond acceptors (Lipinski definition) is 11. The number of nitro benzene ring substituents is 3. The van der Waals surface area contributed by atoms with Crippen molar-refractivity contribution in [1.82, 2.24) is 0 Å². The number of hydrogen-bond donors (Lipinski definition) is 0. The van der Waals surface area contributed by atoms with Crippen LogP contribution in [0.25, 0.3) is 0 Å². The summed E-state index contributed by atoms with van der Waals surface area (Å²) in [4.78, 5) is 30.5. The van der Waals surface area contributed by atoms with Crippen LogP contribution in [0.2, 0.25) is 0 Å². The van der Waals surface area contributed by atoms with Crippen molar-refractivity contribution in [3.63, 3.8) is 0 Å². The highest BCUT2D eigenvalue weighted by Crippen LogP contribution is 2.34.